The Hall–Kier alpha value is -2.53. The van der Waals surface area contributed by atoms with Crippen LogP contribution in [0.15, 0.2) is 42.5 Å². The molecule has 1 atom stereocenters. The van der Waals surface area contributed by atoms with Crippen LogP contribution in [0.2, 0.25) is 5.02 Å². The zero-order valence-electron chi connectivity index (χ0n) is 14.1. The van der Waals surface area contributed by atoms with Gasteiger partial charge in [-0.05, 0) is 37.3 Å². The lowest BCUT2D eigenvalue weighted by molar-refractivity contribution is -0.122. The molecule has 2 aromatic rings. The number of carbonyl (C=O) groups is 2. The van der Waals surface area contributed by atoms with E-state index < -0.39 is 5.92 Å². The Morgan fingerprint density at radius 1 is 1.24 bits per heavy atom. The van der Waals surface area contributed by atoms with Gasteiger partial charge in [-0.2, -0.15) is 0 Å². The number of hydrogen-bond acceptors (Lipinski definition) is 3. The number of methoxy groups -OCH3 is 1. The lowest BCUT2D eigenvalue weighted by Crippen LogP contribution is -2.28. The molecule has 2 amide bonds. The summed E-state index contributed by atoms with van der Waals surface area (Å²) in [6.07, 6.45) is 0.183. The maximum atomic E-state index is 12.6. The van der Waals surface area contributed by atoms with Crippen molar-refractivity contribution in [3.8, 4) is 5.75 Å². The predicted octanol–water partition coefficient (Wildman–Crippen LogP) is 3.65. The highest BCUT2D eigenvalue weighted by Gasteiger charge is 2.35. The van der Waals surface area contributed by atoms with Gasteiger partial charge in [0, 0.05) is 23.7 Å². The van der Waals surface area contributed by atoms with E-state index in [1.165, 1.54) is 7.11 Å². The predicted molar refractivity (Wildman–Crippen MR) is 98.3 cm³/mol. The standard InChI is InChI=1S/C19H19ClN2O3/c1-12-3-6-15(7-4-12)22-11-13(9-18(22)23)19(24)21-16-10-14(20)5-8-17(16)25-2/h3-8,10,13H,9,11H2,1-2H3,(H,21,24)/t13-/m1/s1. The molecule has 130 valence electrons. The van der Waals surface area contributed by atoms with E-state index in [2.05, 4.69) is 5.32 Å². The molecule has 1 aliphatic rings. The number of ether oxygens (including phenoxy) is 1. The van der Waals surface area contributed by atoms with Gasteiger partial charge in [-0.1, -0.05) is 29.3 Å². The molecule has 0 aromatic heterocycles. The molecule has 0 spiro atoms. The summed E-state index contributed by atoms with van der Waals surface area (Å²) >= 11 is 5.99. The summed E-state index contributed by atoms with van der Waals surface area (Å²) in [4.78, 5) is 26.5. The third kappa shape index (κ3) is 3.77. The number of halogens is 1. The molecule has 0 saturated carbocycles. The summed E-state index contributed by atoms with van der Waals surface area (Å²) in [5.74, 6) is -0.166. The van der Waals surface area contributed by atoms with Crippen LogP contribution in [-0.4, -0.2) is 25.5 Å². The molecular weight excluding hydrogens is 340 g/mol. The number of aryl methyl sites for hydroxylation is 1. The van der Waals surface area contributed by atoms with Crippen molar-refractivity contribution < 1.29 is 14.3 Å². The van der Waals surface area contributed by atoms with Gasteiger partial charge >= 0.3 is 0 Å². The molecule has 0 unspecified atom stereocenters. The van der Waals surface area contributed by atoms with Crippen molar-refractivity contribution in [3.05, 3.63) is 53.1 Å². The Labute approximate surface area is 151 Å². The Balaban J connectivity index is 1.73. The minimum atomic E-state index is -0.419. The second-order valence-electron chi connectivity index (χ2n) is 6.07. The van der Waals surface area contributed by atoms with Crippen LogP contribution < -0.4 is 15.0 Å². The van der Waals surface area contributed by atoms with E-state index in [-0.39, 0.29) is 18.2 Å². The van der Waals surface area contributed by atoms with Crippen LogP contribution in [0, 0.1) is 12.8 Å². The van der Waals surface area contributed by atoms with Crippen LogP contribution in [0.5, 0.6) is 5.75 Å². The van der Waals surface area contributed by atoms with Gasteiger partial charge in [0.1, 0.15) is 5.75 Å². The van der Waals surface area contributed by atoms with E-state index in [1.807, 2.05) is 31.2 Å². The fourth-order valence-corrected chi connectivity index (χ4v) is 3.04. The van der Waals surface area contributed by atoms with Crippen LogP contribution in [-0.2, 0) is 9.59 Å². The molecule has 1 fully saturated rings. The second kappa shape index (κ2) is 7.15. The Bertz CT molecular complexity index is 805. The lowest BCUT2D eigenvalue weighted by Gasteiger charge is -2.17. The van der Waals surface area contributed by atoms with Gasteiger partial charge in [0.2, 0.25) is 11.8 Å². The van der Waals surface area contributed by atoms with Crippen molar-refractivity contribution in [1.82, 2.24) is 0 Å². The highest BCUT2D eigenvalue weighted by atomic mass is 35.5. The summed E-state index contributed by atoms with van der Waals surface area (Å²) in [5.41, 5.74) is 2.44. The molecule has 25 heavy (non-hydrogen) atoms. The van der Waals surface area contributed by atoms with E-state index in [0.29, 0.717) is 23.0 Å². The van der Waals surface area contributed by atoms with Crippen LogP contribution in [0.1, 0.15) is 12.0 Å². The van der Waals surface area contributed by atoms with Crippen molar-refractivity contribution in [2.75, 3.05) is 23.9 Å². The van der Waals surface area contributed by atoms with E-state index in [4.69, 9.17) is 16.3 Å². The van der Waals surface area contributed by atoms with Gasteiger partial charge in [-0.25, -0.2) is 0 Å². The first-order valence-corrected chi connectivity index (χ1v) is 8.37. The summed E-state index contributed by atoms with van der Waals surface area (Å²) < 4.78 is 5.24. The minimum Gasteiger partial charge on any atom is -0.495 e. The Kier molecular flexibility index (Phi) is 4.95. The molecule has 0 radical (unpaired) electrons. The lowest BCUT2D eigenvalue weighted by atomic mass is 10.1. The van der Waals surface area contributed by atoms with Crippen molar-refractivity contribution in [1.29, 1.82) is 0 Å². The fraction of sp³-hybridized carbons (Fsp3) is 0.263. The Morgan fingerprint density at radius 2 is 1.96 bits per heavy atom. The molecule has 3 rings (SSSR count). The van der Waals surface area contributed by atoms with Crippen LogP contribution in [0.25, 0.3) is 0 Å². The van der Waals surface area contributed by atoms with Crippen molar-refractivity contribution >= 4 is 34.8 Å². The van der Waals surface area contributed by atoms with Gasteiger partial charge in [0.15, 0.2) is 0 Å². The maximum Gasteiger partial charge on any atom is 0.229 e. The van der Waals surface area contributed by atoms with Crippen molar-refractivity contribution in [2.24, 2.45) is 5.92 Å². The van der Waals surface area contributed by atoms with Crippen LogP contribution >= 0.6 is 11.6 Å². The smallest absolute Gasteiger partial charge is 0.229 e. The van der Waals surface area contributed by atoms with E-state index in [1.54, 1.807) is 23.1 Å². The molecular formula is C19H19ClN2O3. The van der Waals surface area contributed by atoms with Gasteiger partial charge in [0.25, 0.3) is 0 Å². The zero-order valence-corrected chi connectivity index (χ0v) is 14.8. The van der Waals surface area contributed by atoms with E-state index in [9.17, 15) is 9.59 Å². The molecule has 5 nitrogen and oxygen atoms in total. The topological polar surface area (TPSA) is 58.6 Å². The summed E-state index contributed by atoms with van der Waals surface area (Å²) in [5, 5.41) is 3.32. The van der Waals surface area contributed by atoms with Gasteiger partial charge in [-0.3, -0.25) is 9.59 Å². The number of benzene rings is 2. The van der Waals surface area contributed by atoms with Crippen molar-refractivity contribution in [3.63, 3.8) is 0 Å². The molecule has 1 saturated heterocycles. The average molecular weight is 359 g/mol. The van der Waals surface area contributed by atoms with Crippen molar-refractivity contribution in [2.45, 2.75) is 13.3 Å². The molecule has 2 aromatic carbocycles. The summed E-state index contributed by atoms with van der Waals surface area (Å²) in [6, 6.07) is 12.7. The third-order valence-corrected chi connectivity index (χ3v) is 4.50. The fourth-order valence-electron chi connectivity index (χ4n) is 2.87. The molecule has 0 aliphatic carbocycles. The first-order chi connectivity index (χ1) is 12.0. The molecule has 0 bridgehead atoms. The number of nitrogens with one attached hydrogen (secondary N) is 1. The molecule has 1 heterocycles. The van der Waals surface area contributed by atoms with E-state index in [0.717, 1.165) is 11.3 Å². The first-order valence-electron chi connectivity index (χ1n) is 7.99. The summed E-state index contributed by atoms with van der Waals surface area (Å²) in [6.45, 7) is 2.35. The second-order valence-corrected chi connectivity index (χ2v) is 6.51. The minimum absolute atomic E-state index is 0.0536. The SMILES string of the molecule is COc1ccc(Cl)cc1NC(=O)[C@@H]1CC(=O)N(c2ccc(C)cc2)C1. The highest BCUT2D eigenvalue weighted by molar-refractivity contribution is 6.31. The normalized spacial score (nSPS) is 16.8. The molecule has 1 N–H and O–H groups in total. The quantitative estimate of drug-likeness (QED) is 0.907. The zero-order chi connectivity index (χ0) is 18.0. The largest absolute Gasteiger partial charge is 0.495 e. The molecule has 1 aliphatic heterocycles. The van der Waals surface area contributed by atoms with Crippen LogP contribution in [0.4, 0.5) is 11.4 Å². The number of hydrogen-bond donors (Lipinski definition) is 1. The number of carbonyl (C=O) groups excluding carboxylic acids is 2. The number of rotatable bonds is 4. The number of nitrogens with zero attached hydrogens (tertiary/aromatic N) is 1. The maximum absolute atomic E-state index is 12.6. The van der Waals surface area contributed by atoms with Gasteiger partial charge in [0.05, 0.1) is 18.7 Å². The van der Waals surface area contributed by atoms with Crippen LogP contribution in [0.3, 0.4) is 0 Å². The first kappa shape index (κ1) is 17.3. The van der Waals surface area contributed by atoms with Gasteiger partial charge in [-0.15, -0.1) is 0 Å². The third-order valence-electron chi connectivity index (χ3n) is 4.26. The Morgan fingerprint density at radius 3 is 2.64 bits per heavy atom. The van der Waals surface area contributed by atoms with Gasteiger partial charge < -0.3 is 15.0 Å². The number of amides is 2. The number of anilines is 2. The molecule has 6 heteroatoms. The highest BCUT2D eigenvalue weighted by Crippen LogP contribution is 2.30. The summed E-state index contributed by atoms with van der Waals surface area (Å²) in [7, 11) is 1.52. The van der Waals surface area contributed by atoms with E-state index >= 15 is 0 Å². The average Bonchev–Trinajstić information content (AvgIpc) is 2.98. The monoisotopic (exact) mass is 358 g/mol.